The van der Waals surface area contributed by atoms with Gasteiger partial charge in [0.15, 0.2) is 0 Å². The Hall–Kier alpha value is -2.36. The lowest BCUT2D eigenvalue weighted by atomic mass is 9.92. The van der Waals surface area contributed by atoms with Gasteiger partial charge in [-0.25, -0.2) is 0 Å². The lowest BCUT2D eigenvalue weighted by molar-refractivity contribution is 0.0530. The van der Waals surface area contributed by atoms with Gasteiger partial charge in [-0.1, -0.05) is 26.0 Å². The van der Waals surface area contributed by atoms with E-state index in [0.717, 1.165) is 18.2 Å². The second-order valence-electron chi connectivity index (χ2n) is 5.49. The highest BCUT2D eigenvalue weighted by atomic mass is 16.5. The maximum absolute atomic E-state index is 12.8. The number of rotatable bonds is 4. The molecule has 0 aliphatic carbocycles. The molecule has 0 saturated carbocycles. The van der Waals surface area contributed by atoms with E-state index in [-0.39, 0.29) is 17.9 Å². The minimum Gasteiger partial charge on any atom is -0.496 e. The van der Waals surface area contributed by atoms with Gasteiger partial charge >= 0.3 is 0 Å². The number of nitrogens with zero attached hydrogens (tertiary/aromatic N) is 1. The number of methoxy groups -OCH3 is 1. The fourth-order valence-electron chi connectivity index (χ4n) is 3.25. The van der Waals surface area contributed by atoms with Gasteiger partial charge in [-0.15, -0.1) is 0 Å². The predicted molar refractivity (Wildman–Crippen MR) is 85.4 cm³/mol. The molecular weight excluding hydrogens is 278 g/mol. The summed E-state index contributed by atoms with van der Waals surface area (Å²) in [4.78, 5) is 27.1. The summed E-state index contributed by atoms with van der Waals surface area (Å²) in [6.07, 6.45) is 1.52. The largest absolute Gasteiger partial charge is 0.496 e. The molecule has 4 nitrogen and oxygen atoms in total. The van der Waals surface area contributed by atoms with Crippen molar-refractivity contribution in [1.29, 1.82) is 0 Å². The van der Waals surface area contributed by atoms with E-state index in [1.54, 1.807) is 25.3 Å². The molecule has 0 atom stereocenters. The number of carbonyl (C=O) groups excluding carboxylic acids is 2. The molecule has 2 aromatic carbocycles. The van der Waals surface area contributed by atoms with Crippen LogP contribution in [-0.4, -0.2) is 29.9 Å². The maximum Gasteiger partial charge on any atom is 0.261 e. The van der Waals surface area contributed by atoms with Gasteiger partial charge in [0.25, 0.3) is 11.8 Å². The fourth-order valence-corrected chi connectivity index (χ4v) is 3.25. The first kappa shape index (κ1) is 14.6. The van der Waals surface area contributed by atoms with Gasteiger partial charge in [-0.05, 0) is 31.0 Å². The van der Waals surface area contributed by atoms with Crippen LogP contribution in [0.15, 0.2) is 30.3 Å². The van der Waals surface area contributed by atoms with Gasteiger partial charge in [-0.3, -0.25) is 14.5 Å². The molecule has 22 heavy (non-hydrogen) atoms. The van der Waals surface area contributed by atoms with Crippen LogP contribution in [0.4, 0.5) is 0 Å². The quantitative estimate of drug-likeness (QED) is 0.810. The summed E-state index contributed by atoms with van der Waals surface area (Å²) in [7, 11) is 1.59. The van der Waals surface area contributed by atoms with E-state index in [9.17, 15) is 9.59 Å². The number of carbonyl (C=O) groups is 2. The van der Waals surface area contributed by atoms with Gasteiger partial charge in [0.2, 0.25) is 0 Å². The third kappa shape index (κ3) is 1.90. The summed E-state index contributed by atoms with van der Waals surface area (Å²) in [6, 6.07) is 8.99. The average Bonchev–Trinajstić information content (AvgIpc) is 2.55. The standard InChI is InChI=1S/C18H19NO3/c1-4-11(5-2)19-17(20)13-8-6-7-12-15(22-3)10-9-14(16(12)13)18(19)21/h6-11H,4-5H2,1-3H3. The molecular formula is C18H19NO3. The minimum atomic E-state index is -0.204. The molecule has 3 rings (SSSR count). The highest BCUT2D eigenvalue weighted by Gasteiger charge is 2.36. The Balaban J connectivity index is 2.28. The average molecular weight is 297 g/mol. The van der Waals surface area contributed by atoms with Gasteiger partial charge in [-0.2, -0.15) is 0 Å². The first-order valence-electron chi connectivity index (χ1n) is 7.61. The third-order valence-electron chi connectivity index (χ3n) is 4.43. The van der Waals surface area contributed by atoms with Crippen molar-refractivity contribution >= 4 is 22.6 Å². The number of ether oxygens (including phenoxy) is 1. The van der Waals surface area contributed by atoms with Crippen LogP contribution in [0.1, 0.15) is 47.4 Å². The van der Waals surface area contributed by atoms with Crippen LogP contribution < -0.4 is 4.74 Å². The van der Waals surface area contributed by atoms with Crippen LogP contribution in [-0.2, 0) is 0 Å². The van der Waals surface area contributed by atoms with E-state index in [2.05, 4.69) is 0 Å². The molecule has 0 N–H and O–H groups in total. The monoisotopic (exact) mass is 297 g/mol. The molecule has 114 valence electrons. The van der Waals surface area contributed by atoms with Crippen LogP contribution in [0.2, 0.25) is 0 Å². The van der Waals surface area contributed by atoms with Crippen LogP contribution in [0.3, 0.4) is 0 Å². The molecule has 0 unspecified atom stereocenters. The van der Waals surface area contributed by atoms with Crippen LogP contribution in [0.25, 0.3) is 10.8 Å². The second-order valence-corrected chi connectivity index (χ2v) is 5.49. The first-order chi connectivity index (χ1) is 10.6. The SMILES string of the molecule is CCC(CC)N1C(=O)c2cccc3c(OC)ccc(c23)C1=O. The van der Waals surface area contributed by atoms with E-state index in [1.165, 1.54) is 4.90 Å². The van der Waals surface area contributed by atoms with Crippen LogP contribution >= 0.6 is 0 Å². The Kier molecular flexibility index (Phi) is 3.61. The molecule has 1 aliphatic rings. The molecule has 0 bridgehead atoms. The molecule has 0 saturated heterocycles. The lowest BCUT2D eigenvalue weighted by Gasteiger charge is -2.33. The zero-order valence-electron chi connectivity index (χ0n) is 13.1. The summed E-state index contributed by atoms with van der Waals surface area (Å²) >= 11 is 0. The van der Waals surface area contributed by atoms with Crippen molar-refractivity contribution in [3.05, 3.63) is 41.5 Å². The Morgan fingerprint density at radius 1 is 1.00 bits per heavy atom. The molecule has 0 radical (unpaired) electrons. The number of hydrogen-bond acceptors (Lipinski definition) is 3. The topological polar surface area (TPSA) is 46.6 Å². The molecule has 1 aliphatic heterocycles. The van der Waals surface area contributed by atoms with Gasteiger partial charge < -0.3 is 4.74 Å². The van der Waals surface area contributed by atoms with E-state index in [0.29, 0.717) is 22.3 Å². The van der Waals surface area contributed by atoms with Crippen molar-refractivity contribution in [2.45, 2.75) is 32.7 Å². The van der Waals surface area contributed by atoms with Crippen LogP contribution in [0, 0.1) is 0 Å². The number of hydrogen-bond donors (Lipinski definition) is 0. The molecule has 2 aromatic rings. The van der Waals surface area contributed by atoms with Crippen molar-refractivity contribution in [1.82, 2.24) is 4.90 Å². The van der Waals surface area contributed by atoms with E-state index in [1.807, 2.05) is 26.0 Å². The highest BCUT2D eigenvalue weighted by molar-refractivity contribution is 6.26. The Labute approximate surface area is 129 Å². The Morgan fingerprint density at radius 2 is 1.64 bits per heavy atom. The van der Waals surface area contributed by atoms with Gasteiger partial charge in [0.05, 0.1) is 7.11 Å². The van der Waals surface area contributed by atoms with Crippen molar-refractivity contribution in [2.75, 3.05) is 7.11 Å². The fraction of sp³-hybridized carbons (Fsp3) is 0.333. The van der Waals surface area contributed by atoms with E-state index < -0.39 is 0 Å². The van der Waals surface area contributed by atoms with Crippen LogP contribution in [0.5, 0.6) is 5.75 Å². The van der Waals surface area contributed by atoms with Crippen molar-refractivity contribution in [3.8, 4) is 5.75 Å². The number of amides is 2. The summed E-state index contributed by atoms with van der Waals surface area (Å²) < 4.78 is 5.36. The summed E-state index contributed by atoms with van der Waals surface area (Å²) in [6.45, 7) is 4.00. The molecule has 1 heterocycles. The molecule has 0 aromatic heterocycles. The zero-order valence-corrected chi connectivity index (χ0v) is 13.1. The van der Waals surface area contributed by atoms with Crippen molar-refractivity contribution in [3.63, 3.8) is 0 Å². The smallest absolute Gasteiger partial charge is 0.261 e. The third-order valence-corrected chi connectivity index (χ3v) is 4.43. The van der Waals surface area contributed by atoms with Crippen molar-refractivity contribution < 1.29 is 14.3 Å². The van der Waals surface area contributed by atoms with Gasteiger partial charge in [0, 0.05) is 27.9 Å². The number of imide groups is 1. The van der Waals surface area contributed by atoms with Gasteiger partial charge in [0.1, 0.15) is 5.75 Å². The number of benzene rings is 2. The Morgan fingerprint density at radius 3 is 2.23 bits per heavy atom. The summed E-state index contributed by atoms with van der Waals surface area (Å²) in [5.74, 6) is 0.271. The van der Waals surface area contributed by atoms with E-state index >= 15 is 0 Å². The maximum atomic E-state index is 12.8. The molecule has 0 fully saturated rings. The van der Waals surface area contributed by atoms with Crippen molar-refractivity contribution in [2.24, 2.45) is 0 Å². The minimum absolute atomic E-state index is 0.0643. The Bertz CT molecular complexity index is 740. The lowest BCUT2D eigenvalue weighted by Crippen LogP contribution is -2.46. The molecule has 2 amide bonds. The van der Waals surface area contributed by atoms with E-state index in [4.69, 9.17) is 4.74 Å². The second kappa shape index (κ2) is 5.44. The predicted octanol–water partition coefficient (Wildman–Crippen LogP) is 3.63. The summed E-state index contributed by atoms with van der Waals surface area (Å²) in [5.41, 5.74) is 1.16. The zero-order chi connectivity index (χ0) is 15.9. The molecule has 0 spiro atoms. The highest BCUT2D eigenvalue weighted by Crippen LogP contribution is 2.36. The first-order valence-corrected chi connectivity index (χ1v) is 7.61. The summed E-state index contributed by atoms with van der Waals surface area (Å²) in [5, 5.41) is 1.52. The normalized spacial score (nSPS) is 14.1. The molecule has 4 heteroatoms.